The van der Waals surface area contributed by atoms with Gasteiger partial charge >= 0.3 is 12.1 Å². The number of rotatable bonds is 4. The van der Waals surface area contributed by atoms with Gasteiger partial charge in [0.05, 0.1) is 0 Å². The third-order valence-electron chi connectivity index (χ3n) is 5.51. The molecule has 0 spiro atoms. The lowest BCUT2D eigenvalue weighted by Crippen LogP contribution is -2.38. The van der Waals surface area contributed by atoms with Crippen molar-refractivity contribution >= 4 is 18.0 Å². The Balaban J connectivity index is 1.42. The minimum absolute atomic E-state index is 0.0246. The van der Waals surface area contributed by atoms with E-state index in [2.05, 4.69) is 24.3 Å². The fourth-order valence-electron chi connectivity index (χ4n) is 4.07. The van der Waals surface area contributed by atoms with Crippen molar-refractivity contribution in [3.63, 3.8) is 0 Å². The molecule has 4 rings (SSSR count). The monoisotopic (exact) mass is 394 g/mol. The molecule has 2 amide bonds. The average molecular weight is 394 g/mol. The average Bonchev–Trinajstić information content (AvgIpc) is 2.92. The van der Waals surface area contributed by atoms with Crippen molar-refractivity contribution in [2.75, 3.05) is 32.8 Å². The number of fused-ring (bicyclic) bond motifs is 3. The van der Waals surface area contributed by atoms with Crippen molar-refractivity contribution < 1.29 is 24.2 Å². The molecule has 0 aromatic heterocycles. The molecule has 0 bridgehead atoms. The normalized spacial score (nSPS) is 16.2. The van der Waals surface area contributed by atoms with Crippen LogP contribution in [0.3, 0.4) is 0 Å². The second kappa shape index (κ2) is 7.95. The van der Waals surface area contributed by atoms with Crippen LogP contribution < -0.4 is 0 Å². The molecular weight excluding hydrogens is 372 g/mol. The number of ether oxygens (including phenoxy) is 1. The Hall–Kier alpha value is -3.35. The highest BCUT2D eigenvalue weighted by Gasteiger charge is 2.31. The summed E-state index contributed by atoms with van der Waals surface area (Å²) in [5.41, 5.74) is 4.60. The zero-order valence-corrected chi connectivity index (χ0v) is 15.9. The van der Waals surface area contributed by atoms with Crippen LogP contribution >= 0.6 is 0 Å². The number of hydrogen-bond donors (Lipinski definition) is 1. The van der Waals surface area contributed by atoms with E-state index >= 15 is 0 Å². The molecular formula is C22H22N2O5. The van der Waals surface area contributed by atoms with E-state index < -0.39 is 12.1 Å². The van der Waals surface area contributed by atoms with Crippen molar-refractivity contribution in [3.8, 4) is 11.1 Å². The van der Waals surface area contributed by atoms with E-state index in [9.17, 15) is 14.4 Å². The maximum absolute atomic E-state index is 12.6. The maximum Gasteiger partial charge on any atom is 0.409 e. The number of carbonyl (C=O) groups excluding carboxylic acids is 2. The summed E-state index contributed by atoms with van der Waals surface area (Å²) < 4.78 is 5.63. The smallest absolute Gasteiger partial charge is 0.409 e. The van der Waals surface area contributed by atoms with Crippen LogP contribution in [0.1, 0.15) is 23.5 Å². The predicted octanol–water partition coefficient (Wildman–Crippen LogP) is 2.55. The molecule has 1 heterocycles. The quantitative estimate of drug-likeness (QED) is 0.861. The highest BCUT2D eigenvalue weighted by atomic mass is 16.6. The Morgan fingerprint density at radius 2 is 1.59 bits per heavy atom. The molecule has 29 heavy (non-hydrogen) atoms. The molecule has 0 unspecified atom stereocenters. The van der Waals surface area contributed by atoms with E-state index in [-0.39, 0.29) is 51.0 Å². The van der Waals surface area contributed by atoms with Gasteiger partial charge < -0.3 is 19.6 Å². The van der Waals surface area contributed by atoms with E-state index in [1.165, 1.54) is 9.80 Å². The van der Waals surface area contributed by atoms with Gasteiger partial charge in [0.25, 0.3) is 0 Å². The second-order valence-electron chi connectivity index (χ2n) is 7.25. The van der Waals surface area contributed by atoms with E-state index in [1.807, 2.05) is 24.3 Å². The van der Waals surface area contributed by atoms with Crippen LogP contribution in [-0.4, -0.2) is 65.7 Å². The minimum Gasteiger partial charge on any atom is -0.480 e. The number of carbonyl (C=O) groups is 3. The first-order valence-electron chi connectivity index (χ1n) is 9.64. The summed E-state index contributed by atoms with van der Waals surface area (Å²) in [4.78, 5) is 38.3. The molecule has 7 nitrogen and oxygen atoms in total. The molecule has 1 saturated heterocycles. The predicted molar refractivity (Wildman–Crippen MR) is 105 cm³/mol. The van der Waals surface area contributed by atoms with Crippen LogP contribution in [0.2, 0.25) is 0 Å². The third kappa shape index (κ3) is 3.81. The molecule has 2 aliphatic rings. The van der Waals surface area contributed by atoms with Gasteiger partial charge in [-0.1, -0.05) is 48.5 Å². The first-order valence-corrected chi connectivity index (χ1v) is 9.64. The number of amides is 2. The van der Waals surface area contributed by atoms with Crippen LogP contribution in [0.15, 0.2) is 48.5 Å². The molecule has 0 atom stereocenters. The van der Waals surface area contributed by atoms with Crippen molar-refractivity contribution in [2.45, 2.75) is 12.3 Å². The highest BCUT2D eigenvalue weighted by Crippen LogP contribution is 2.44. The van der Waals surface area contributed by atoms with Gasteiger partial charge in [-0.25, -0.2) is 4.79 Å². The number of aliphatic carboxylic acids is 1. The molecule has 0 radical (unpaired) electrons. The Bertz CT molecular complexity index is 912. The van der Waals surface area contributed by atoms with Gasteiger partial charge in [-0.15, -0.1) is 0 Å². The summed E-state index contributed by atoms with van der Waals surface area (Å²) in [6.07, 6.45) is -0.380. The van der Waals surface area contributed by atoms with Crippen LogP contribution in [0, 0.1) is 0 Å². The zero-order chi connectivity index (χ0) is 20.4. The Kier molecular flexibility index (Phi) is 5.20. The van der Waals surface area contributed by atoms with Gasteiger partial charge in [0.2, 0.25) is 5.91 Å². The van der Waals surface area contributed by atoms with Gasteiger partial charge in [0, 0.05) is 32.0 Å². The van der Waals surface area contributed by atoms with Gasteiger partial charge in [0.15, 0.2) is 0 Å². The molecule has 0 saturated carbocycles. The summed E-state index contributed by atoms with van der Waals surface area (Å²) >= 11 is 0. The number of nitrogens with zero attached hydrogens (tertiary/aromatic N) is 2. The van der Waals surface area contributed by atoms with Crippen LogP contribution in [-0.2, 0) is 14.3 Å². The number of carboxylic acid groups (broad SMARTS) is 1. The van der Waals surface area contributed by atoms with Gasteiger partial charge in [-0.2, -0.15) is 0 Å². The number of hydrogen-bond acceptors (Lipinski definition) is 4. The molecule has 2 aromatic carbocycles. The lowest BCUT2D eigenvalue weighted by Gasteiger charge is -2.22. The summed E-state index contributed by atoms with van der Waals surface area (Å²) in [5.74, 6) is -1.35. The van der Waals surface area contributed by atoms with Gasteiger partial charge in [-0.3, -0.25) is 9.59 Å². The minimum atomic E-state index is -1.06. The van der Waals surface area contributed by atoms with E-state index in [0.29, 0.717) is 0 Å². The second-order valence-corrected chi connectivity index (χ2v) is 7.25. The Labute approximate surface area is 168 Å². The summed E-state index contributed by atoms with van der Waals surface area (Å²) in [5, 5.41) is 8.92. The van der Waals surface area contributed by atoms with Crippen molar-refractivity contribution in [2.24, 2.45) is 0 Å². The first kappa shape index (κ1) is 19.0. The third-order valence-corrected chi connectivity index (χ3v) is 5.51. The summed E-state index contributed by atoms with van der Waals surface area (Å²) in [7, 11) is 0. The molecule has 1 aliphatic heterocycles. The van der Waals surface area contributed by atoms with Crippen molar-refractivity contribution in [1.29, 1.82) is 0 Å². The fraction of sp³-hybridized carbons (Fsp3) is 0.318. The summed E-state index contributed by atoms with van der Waals surface area (Å²) in [6.45, 7) is 0.546. The van der Waals surface area contributed by atoms with E-state index in [1.54, 1.807) is 0 Å². The van der Waals surface area contributed by atoms with Crippen molar-refractivity contribution in [1.82, 2.24) is 9.80 Å². The van der Waals surface area contributed by atoms with Gasteiger partial charge in [0.1, 0.15) is 13.2 Å². The van der Waals surface area contributed by atoms with E-state index in [0.717, 1.165) is 22.3 Å². The lowest BCUT2D eigenvalue weighted by atomic mass is 9.98. The van der Waals surface area contributed by atoms with E-state index in [4.69, 9.17) is 9.84 Å². The van der Waals surface area contributed by atoms with Gasteiger partial charge in [-0.05, 0) is 22.3 Å². The highest BCUT2D eigenvalue weighted by molar-refractivity contribution is 5.82. The number of carboxylic acids is 1. The maximum atomic E-state index is 12.6. The SMILES string of the molecule is O=C(O)CN1CCN(C(=O)OCC2c3ccccc3-c3ccccc32)CCC1=O. The molecule has 150 valence electrons. The lowest BCUT2D eigenvalue weighted by molar-refractivity contribution is -0.144. The Morgan fingerprint density at radius 1 is 0.966 bits per heavy atom. The van der Waals surface area contributed by atoms with Crippen molar-refractivity contribution in [3.05, 3.63) is 59.7 Å². The first-order chi connectivity index (χ1) is 14.0. The molecule has 1 fully saturated rings. The van der Waals surface area contributed by atoms with Crippen LogP contribution in [0.25, 0.3) is 11.1 Å². The topological polar surface area (TPSA) is 87.2 Å². The molecule has 1 N–H and O–H groups in total. The van der Waals surface area contributed by atoms with Crippen LogP contribution in [0.5, 0.6) is 0 Å². The Morgan fingerprint density at radius 3 is 2.21 bits per heavy atom. The summed E-state index contributed by atoms with van der Waals surface area (Å²) in [6, 6.07) is 16.2. The molecule has 2 aromatic rings. The standard InChI is InChI=1S/C22H22N2O5/c25-20-9-10-23(11-12-24(20)13-21(26)27)22(28)29-14-19-17-7-3-1-5-15(17)16-6-2-4-8-18(16)19/h1-8,19H,9-14H2,(H,26,27). The largest absolute Gasteiger partial charge is 0.480 e. The van der Waals surface area contributed by atoms with Crippen LogP contribution in [0.4, 0.5) is 4.79 Å². The molecule has 1 aliphatic carbocycles. The zero-order valence-electron chi connectivity index (χ0n) is 15.9. The molecule has 7 heteroatoms. The fourth-order valence-corrected chi connectivity index (χ4v) is 4.07. The number of benzene rings is 2.